The second kappa shape index (κ2) is 2.28. The van der Waals surface area contributed by atoms with Gasteiger partial charge in [-0.1, -0.05) is 6.92 Å². The zero-order valence-electron chi connectivity index (χ0n) is 5.02. The molecule has 0 fully saturated rings. The van der Waals surface area contributed by atoms with E-state index in [1.54, 1.807) is 13.8 Å². The third-order valence-corrected chi connectivity index (χ3v) is 1.08. The molecule has 0 aromatic heterocycles. The van der Waals surface area contributed by atoms with Crippen molar-refractivity contribution < 1.29 is 10.1 Å². The first kappa shape index (κ1) is 6.92. The summed E-state index contributed by atoms with van der Waals surface area (Å²) in [6.07, 6.45) is 0.760. The molecule has 0 amide bonds. The van der Waals surface area contributed by atoms with E-state index in [1.165, 1.54) is 0 Å². The summed E-state index contributed by atoms with van der Waals surface area (Å²) in [5, 5.41) is 9.68. The first-order valence-electron chi connectivity index (χ1n) is 2.43. The lowest BCUT2D eigenvalue weighted by atomic mass is 10.1. The van der Waals surface area contributed by atoms with Crippen LogP contribution in [-0.2, 0) is 4.89 Å². The van der Waals surface area contributed by atoms with Gasteiger partial charge in [-0.05, 0) is 20.3 Å². The van der Waals surface area contributed by atoms with Crippen LogP contribution in [0.3, 0.4) is 0 Å². The SMILES string of the molecule is CCC(C)(C)O[O-]. The van der Waals surface area contributed by atoms with Gasteiger partial charge in [0, 0.05) is 5.60 Å². The maximum atomic E-state index is 9.68. The van der Waals surface area contributed by atoms with Crippen molar-refractivity contribution in [2.75, 3.05) is 0 Å². The standard InChI is InChI=1S/C5H12O2/c1-4-5(2,3)7-6/h6H,4H2,1-3H3/p-1. The van der Waals surface area contributed by atoms with Crippen molar-refractivity contribution in [2.45, 2.75) is 32.8 Å². The molecule has 0 unspecified atom stereocenters. The van der Waals surface area contributed by atoms with Crippen LogP contribution < -0.4 is 5.26 Å². The lowest BCUT2D eigenvalue weighted by Crippen LogP contribution is -2.29. The van der Waals surface area contributed by atoms with E-state index in [0.29, 0.717) is 0 Å². The van der Waals surface area contributed by atoms with E-state index in [-0.39, 0.29) is 0 Å². The Morgan fingerprint density at radius 1 is 1.57 bits per heavy atom. The third-order valence-electron chi connectivity index (χ3n) is 1.08. The number of hydrogen-bond acceptors (Lipinski definition) is 2. The minimum absolute atomic E-state index is 0.472. The maximum absolute atomic E-state index is 9.68. The Hall–Kier alpha value is -0.0800. The summed E-state index contributed by atoms with van der Waals surface area (Å²) in [5.74, 6) is 0. The van der Waals surface area contributed by atoms with Crippen molar-refractivity contribution in [1.29, 1.82) is 0 Å². The summed E-state index contributed by atoms with van der Waals surface area (Å²) in [6, 6.07) is 0. The van der Waals surface area contributed by atoms with Gasteiger partial charge in [0.05, 0.1) is 0 Å². The van der Waals surface area contributed by atoms with E-state index in [9.17, 15) is 5.26 Å². The minimum atomic E-state index is -0.472. The maximum Gasteiger partial charge on any atom is 0.0500 e. The Labute approximate surface area is 44.0 Å². The van der Waals surface area contributed by atoms with Crippen molar-refractivity contribution in [3.8, 4) is 0 Å². The van der Waals surface area contributed by atoms with Gasteiger partial charge in [0.2, 0.25) is 0 Å². The van der Waals surface area contributed by atoms with Gasteiger partial charge in [0.25, 0.3) is 0 Å². The second-order valence-corrected chi connectivity index (χ2v) is 2.20. The van der Waals surface area contributed by atoms with Gasteiger partial charge >= 0.3 is 0 Å². The minimum Gasteiger partial charge on any atom is -0.723 e. The molecule has 0 radical (unpaired) electrons. The molecular weight excluding hydrogens is 92.1 g/mol. The Morgan fingerprint density at radius 3 is 2.00 bits per heavy atom. The molecule has 0 aromatic rings. The van der Waals surface area contributed by atoms with Gasteiger partial charge < -0.3 is 10.1 Å². The highest BCUT2D eigenvalue weighted by atomic mass is 17.1. The van der Waals surface area contributed by atoms with Gasteiger partial charge in [-0.3, -0.25) is 0 Å². The van der Waals surface area contributed by atoms with Gasteiger partial charge in [0.15, 0.2) is 0 Å². The summed E-state index contributed by atoms with van der Waals surface area (Å²) < 4.78 is 0. The molecule has 0 atom stereocenters. The summed E-state index contributed by atoms with van der Waals surface area (Å²) in [4.78, 5) is 3.84. The predicted molar refractivity (Wildman–Crippen MR) is 25.5 cm³/mol. The molecule has 2 heteroatoms. The molecule has 0 aliphatic rings. The van der Waals surface area contributed by atoms with Crippen LogP contribution in [0.1, 0.15) is 27.2 Å². The lowest BCUT2D eigenvalue weighted by Gasteiger charge is -2.26. The lowest BCUT2D eigenvalue weighted by molar-refractivity contribution is -0.715. The van der Waals surface area contributed by atoms with Crippen molar-refractivity contribution in [1.82, 2.24) is 0 Å². The molecule has 0 N–H and O–H groups in total. The molecule has 2 nitrogen and oxygen atoms in total. The van der Waals surface area contributed by atoms with E-state index in [1.807, 2.05) is 6.92 Å². The zero-order chi connectivity index (χ0) is 5.91. The van der Waals surface area contributed by atoms with Crippen LogP contribution in [0.5, 0.6) is 0 Å². The topological polar surface area (TPSA) is 32.3 Å². The molecule has 0 aliphatic carbocycles. The van der Waals surface area contributed by atoms with E-state index >= 15 is 0 Å². The van der Waals surface area contributed by atoms with Crippen LogP contribution in [-0.4, -0.2) is 5.60 Å². The Bertz CT molecular complexity index is 44.0. The molecule has 0 aromatic carbocycles. The average molecular weight is 103 g/mol. The monoisotopic (exact) mass is 103 g/mol. The highest BCUT2D eigenvalue weighted by Gasteiger charge is 2.08. The molecule has 44 valence electrons. The molecule has 0 heterocycles. The molecule has 0 spiro atoms. The Balaban J connectivity index is 3.36. The molecule has 0 saturated heterocycles. The first-order valence-corrected chi connectivity index (χ1v) is 2.43. The number of hydrogen-bond donors (Lipinski definition) is 0. The zero-order valence-corrected chi connectivity index (χ0v) is 5.02. The molecule has 0 aliphatic heterocycles. The highest BCUT2D eigenvalue weighted by molar-refractivity contribution is 4.60. The molecule has 7 heavy (non-hydrogen) atoms. The number of rotatable bonds is 2. The van der Waals surface area contributed by atoms with Gasteiger partial charge in [0.1, 0.15) is 0 Å². The Morgan fingerprint density at radius 2 is 2.00 bits per heavy atom. The molecular formula is C5H11O2-. The Kier molecular flexibility index (Phi) is 2.26. The van der Waals surface area contributed by atoms with Crippen molar-refractivity contribution in [3.05, 3.63) is 0 Å². The van der Waals surface area contributed by atoms with Crippen molar-refractivity contribution in [3.63, 3.8) is 0 Å². The molecule has 0 saturated carbocycles. The van der Waals surface area contributed by atoms with Crippen LogP contribution in [0.15, 0.2) is 0 Å². The summed E-state index contributed by atoms with van der Waals surface area (Å²) in [5.41, 5.74) is -0.472. The van der Waals surface area contributed by atoms with E-state index in [4.69, 9.17) is 0 Å². The first-order chi connectivity index (χ1) is 3.12. The van der Waals surface area contributed by atoms with Crippen LogP contribution in [0.2, 0.25) is 0 Å². The van der Waals surface area contributed by atoms with E-state index in [0.717, 1.165) is 6.42 Å². The van der Waals surface area contributed by atoms with Gasteiger partial charge in [-0.25, -0.2) is 0 Å². The van der Waals surface area contributed by atoms with Gasteiger partial charge in [-0.15, -0.1) is 0 Å². The highest BCUT2D eigenvalue weighted by Crippen LogP contribution is 2.08. The summed E-state index contributed by atoms with van der Waals surface area (Å²) >= 11 is 0. The molecule has 0 rings (SSSR count). The fourth-order valence-electron chi connectivity index (χ4n) is 0.0589. The fourth-order valence-corrected chi connectivity index (χ4v) is 0.0589. The predicted octanol–water partition coefficient (Wildman–Crippen LogP) is 0.467. The van der Waals surface area contributed by atoms with E-state index in [2.05, 4.69) is 4.89 Å². The van der Waals surface area contributed by atoms with Crippen LogP contribution in [0.4, 0.5) is 0 Å². The third kappa shape index (κ3) is 2.60. The quantitative estimate of drug-likeness (QED) is 0.376. The van der Waals surface area contributed by atoms with Crippen LogP contribution in [0, 0.1) is 0 Å². The van der Waals surface area contributed by atoms with E-state index < -0.39 is 5.60 Å². The largest absolute Gasteiger partial charge is 0.723 e. The van der Waals surface area contributed by atoms with Gasteiger partial charge in [-0.2, -0.15) is 0 Å². The van der Waals surface area contributed by atoms with Crippen molar-refractivity contribution >= 4 is 0 Å². The smallest absolute Gasteiger partial charge is 0.0500 e. The normalized spacial score (nSPS) is 12.0. The van der Waals surface area contributed by atoms with Crippen molar-refractivity contribution in [2.24, 2.45) is 0 Å². The fraction of sp³-hybridized carbons (Fsp3) is 1.00. The average Bonchev–Trinajstić information content (AvgIpc) is 1.68. The molecule has 0 bridgehead atoms. The summed E-state index contributed by atoms with van der Waals surface area (Å²) in [7, 11) is 0. The van der Waals surface area contributed by atoms with Crippen LogP contribution >= 0.6 is 0 Å². The second-order valence-electron chi connectivity index (χ2n) is 2.20. The summed E-state index contributed by atoms with van der Waals surface area (Å²) in [6.45, 7) is 5.44. The van der Waals surface area contributed by atoms with Crippen LogP contribution in [0.25, 0.3) is 0 Å².